The molecule has 0 aliphatic carbocycles. The second-order valence-corrected chi connectivity index (χ2v) is 7.62. The maximum Gasteiger partial charge on any atom is 0.281 e. The number of halogens is 1. The minimum Gasteiger partial charge on any atom is -0.370 e. The molecule has 1 aromatic rings. The van der Waals surface area contributed by atoms with Crippen LogP contribution in [0.3, 0.4) is 0 Å². The van der Waals surface area contributed by atoms with Crippen molar-refractivity contribution < 1.29 is 13.2 Å². The predicted molar refractivity (Wildman–Crippen MR) is 78.9 cm³/mol. The molecule has 2 unspecified atom stereocenters. The minimum atomic E-state index is -3.45. The van der Waals surface area contributed by atoms with Crippen LogP contribution in [0.25, 0.3) is 0 Å². The number of hydrogen-bond donors (Lipinski definition) is 0. The molecule has 1 fully saturated rings. The molecule has 0 bridgehead atoms. The van der Waals surface area contributed by atoms with E-state index in [1.54, 1.807) is 6.07 Å². The molecule has 2 rings (SSSR count). The lowest BCUT2D eigenvalue weighted by Crippen LogP contribution is -2.51. The Morgan fingerprint density at radius 1 is 1.40 bits per heavy atom. The Kier molecular flexibility index (Phi) is 4.71. The largest absolute Gasteiger partial charge is 0.370 e. The number of ether oxygens (including phenoxy) is 1. The van der Waals surface area contributed by atoms with Gasteiger partial charge in [-0.1, -0.05) is 23.7 Å². The van der Waals surface area contributed by atoms with Gasteiger partial charge in [0.15, 0.2) is 0 Å². The van der Waals surface area contributed by atoms with E-state index in [0.717, 1.165) is 5.56 Å². The summed E-state index contributed by atoms with van der Waals surface area (Å²) in [6, 6.07) is 7.14. The molecule has 0 N–H and O–H groups in total. The number of benzene rings is 1. The fourth-order valence-electron chi connectivity index (χ4n) is 2.17. The zero-order valence-corrected chi connectivity index (χ0v) is 13.4. The molecule has 1 aliphatic rings. The summed E-state index contributed by atoms with van der Waals surface area (Å²) in [5, 5.41) is 0.617. The fraction of sp³-hybridized carbons (Fsp3) is 0.538. The van der Waals surface area contributed by atoms with E-state index < -0.39 is 10.2 Å². The van der Waals surface area contributed by atoms with Crippen molar-refractivity contribution in [2.24, 2.45) is 0 Å². The summed E-state index contributed by atoms with van der Waals surface area (Å²) in [6.07, 6.45) is -0.292. The summed E-state index contributed by atoms with van der Waals surface area (Å²) in [7, 11) is -0.379. The average molecular weight is 319 g/mol. The van der Waals surface area contributed by atoms with Gasteiger partial charge in [0.1, 0.15) is 0 Å². The van der Waals surface area contributed by atoms with E-state index in [0.29, 0.717) is 18.2 Å². The number of rotatable bonds is 3. The number of hydrogen-bond acceptors (Lipinski definition) is 3. The van der Waals surface area contributed by atoms with Gasteiger partial charge < -0.3 is 4.74 Å². The summed E-state index contributed by atoms with van der Waals surface area (Å²) in [4.78, 5) is 0. The van der Waals surface area contributed by atoms with E-state index in [1.807, 2.05) is 25.1 Å². The average Bonchev–Trinajstić information content (AvgIpc) is 2.38. The van der Waals surface area contributed by atoms with Crippen LogP contribution >= 0.6 is 11.6 Å². The van der Waals surface area contributed by atoms with Crippen LogP contribution in [-0.4, -0.2) is 50.3 Å². The molecule has 0 aromatic heterocycles. The van der Waals surface area contributed by atoms with E-state index in [-0.39, 0.29) is 12.1 Å². The SMILES string of the molecule is CC1COC(c2cccc(Cl)c2)CN1S(=O)(=O)N(C)C. The molecule has 5 nitrogen and oxygen atoms in total. The van der Waals surface area contributed by atoms with Crippen molar-refractivity contribution in [3.8, 4) is 0 Å². The molecule has 1 heterocycles. The lowest BCUT2D eigenvalue weighted by Gasteiger charge is -2.38. The summed E-state index contributed by atoms with van der Waals surface area (Å²) >= 11 is 5.97. The van der Waals surface area contributed by atoms with Crippen LogP contribution in [0.1, 0.15) is 18.6 Å². The van der Waals surface area contributed by atoms with E-state index >= 15 is 0 Å². The van der Waals surface area contributed by atoms with Gasteiger partial charge in [0.2, 0.25) is 0 Å². The topological polar surface area (TPSA) is 49.9 Å². The van der Waals surface area contributed by atoms with Gasteiger partial charge in [-0.25, -0.2) is 0 Å². The van der Waals surface area contributed by atoms with Crippen LogP contribution in [-0.2, 0) is 14.9 Å². The number of morpholine rings is 1. The van der Waals surface area contributed by atoms with Crippen LogP contribution in [0.4, 0.5) is 0 Å². The van der Waals surface area contributed by atoms with Crippen LogP contribution in [0.5, 0.6) is 0 Å². The first kappa shape index (κ1) is 15.7. The first-order valence-electron chi connectivity index (χ1n) is 6.38. The van der Waals surface area contributed by atoms with Gasteiger partial charge in [-0.05, 0) is 24.6 Å². The standard InChI is InChI=1S/C13H19ClN2O3S/c1-10-9-19-13(11-5-4-6-12(14)7-11)8-16(10)20(17,18)15(2)3/h4-7,10,13H,8-9H2,1-3H3. The quantitative estimate of drug-likeness (QED) is 0.855. The predicted octanol–water partition coefficient (Wildman–Crippen LogP) is 1.91. The molecule has 1 aliphatic heterocycles. The van der Waals surface area contributed by atoms with Crippen molar-refractivity contribution in [1.82, 2.24) is 8.61 Å². The Hall–Kier alpha value is -0.660. The molecule has 1 aromatic carbocycles. The highest BCUT2D eigenvalue weighted by atomic mass is 35.5. The molecule has 0 spiro atoms. The summed E-state index contributed by atoms with van der Waals surface area (Å²) < 4.78 is 33.1. The summed E-state index contributed by atoms with van der Waals surface area (Å²) in [5.74, 6) is 0. The van der Waals surface area contributed by atoms with E-state index in [9.17, 15) is 8.42 Å². The normalized spacial score (nSPS) is 25.1. The molecule has 1 saturated heterocycles. The van der Waals surface area contributed by atoms with Crippen molar-refractivity contribution in [3.63, 3.8) is 0 Å². The lowest BCUT2D eigenvalue weighted by atomic mass is 10.1. The number of nitrogens with zero attached hydrogens (tertiary/aromatic N) is 2. The summed E-state index contributed by atoms with van der Waals surface area (Å²) in [6.45, 7) is 2.50. The Bertz CT molecular complexity index is 577. The third-order valence-corrected chi connectivity index (χ3v) is 5.61. The van der Waals surface area contributed by atoms with Crippen molar-refractivity contribution in [2.45, 2.75) is 19.1 Å². The monoisotopic (exact) mass is 318 g/mol. The fourth-order valence-corrected chi connectivity index (χ4v) is 3.63. The molecule has 112 valence electrons. The van der Waals surface area contributed by atoms with Crippen molar-refractivity contribution in [2.75, 3.05) is 27.2 Å². The van der Waals surface area contributed by atoms with Gasteiger partial charge in [-0.3, -0.25) is 0 Å². The van der Waals surface area contributed by atoms with Gasteiger partial charge in [-0.15, -0.1) is 0 Å². The third kappa shape index (κ3) is 3.15. The minimum absolute atomic E-state index is 0.183. The van der Waals surface area contributed by atoms with Crippen LogP contribution in [0, 0.1) is 0 Å². The highest BCUT2D eigenvalue weighted by molar-refractivity contribution is 7.86. The van der Waals surface area contributed by atoms with Crippen molar-refractivity contribution >= 4 is 21.8 Å². The lowest BCUT2D eigenvalue weighted by molar-refractivity contribution is -0.0302. The van der Waals surface area contributed by atoms with Crippen LogP contribution < -0.4 is 0 Å². The Balaban J connectivity index is 2.25. The molecular weight excluding hydrogens is 300 g/mol. The first-order chi connectivity index (χ1) is 9.32. The van der Waals surface area contributed by atoms with Crippen molar-refractivity contribution in [1.29, 1.82) is 0 Å². The van der Waals surface area contributed by atoms with Crippen molar-refractivity contribution in [3.05, 3.63) is 34.9 Å². The maximum absolute atomic E-state index is 12.3. The molecule has 0 radical (unpaired) electrons. The smallest absolute Gasteiger partial charge is 0.281 e. The second kappa shape index (κ2) is 5.99. The van der Waals surface area contributed by atoms with E-state index in [2.05, 4.69) is 0 Å². The van der Waals surface area contributed by atoms with Gasteiger partial charge in [-0.2, -0.15) is 17.0 Å². The highest BCUT2D eigenvalue weighted by Gasteiger charge is 2.36. The van der Waals surface area contributed by atoms with E-state index in [4.69, 9.17) is 16.3 Å². The Morgan fingerprint density at radius 2 is 2.10 bits per heavy atom. The van der Waals surface area contributed by atoms with E-state index in [1.165, 1.54) is 22.7 Å². The van der Waals surface area contributed by atoms with Gasteiger partial charge in [0.05, 0.1) is 12.7 Å². The van der Waals surface area contributed by atoms with Gasteiger partial charge >= 0.3 is 0 Å². The van der Waals surface area contributed by atoms with Crippen LogP contribution in [0.15, 0.2) is 24.3 Å². The summed E-state index contributed by atoms with van der Waals surface area (Å²) in [5.41, 5.74) is 0.892. The zero-order chi connectivity index (χ0) is 14.9. The molecule has 20 heavy (non-hydrogen) atoms. The Labute approximate surface area is 125 Å². The third-order valence-electron chi connectivity index (χ3n) is 3.35. The molecule has 2 atom stereocenters. The zero-order valence-electron chi connectivity index (χ0n) is 11.8. The highest BCUT2D eigenvalue weighted by Crippen LogP contribution is 2.28. The molecular formula is C13H19ClN2O3S. The molecule has 0 saturated carbocycles. The maximum atomic E-state index is 12.3. The molecule has 0 amide bonds. The Morgan fingerprint density at radius 3 is 2.70 bits per heavy atom. The van der Waals surface area contributed by atoms with Crippen LogP contribution in [0.2, 0.25) is 5.02 Å². The second-order valence-electron chi connectivity index (χ2n) is 5.09. The van der Waals surface area contributed by atoms with Gasteiger partial charge in [0.25, 0.3) is 10.2 Å². The first-order valence-corrected chi connectivity index (χ1v) is 8.16. The van der Waals surface area contributed by atoms with Gasteiger partial charge in [0, 0.05) is 31.7 Å². The molecule has 7 heteroatoms.